The fourth-order valence-electron chi connectivity index (χ4n) is 2.02. The van der Waals surface area contributed by atoms with Crippen molar-refractivity contribution in [2.75, 3.05) is 19.8 Å². The topological polar surface area (TPSA) is 55.6 Å². The van der Waals surface area contributed by atoms with E-state index in [1.165, 1.54) is 0 Å². The number of rotatable bonds is 3. The maximum Gasteiger partial charge on any atom is 0.339 e. The minimum absolute atomic E-state index is 0.208. The number of benzene rings is 1. The van der Waals surface area contributed by atoms with Gasteiger partial charge in [-0.15, -0.1) is 0 Å². The molecule has 1 aromatic carbocycles. The fraction of sp³-hybridized carbons (Fsp3) is 0.462. The summed E-state index contributed by atoms with van der Waals surface area (Å²) < 4.78 is 5.25. The van der Waals surface area contributed by atoms with Crippen molar-refractivity contribution in [1.29, 1.82) is 0 Å². The van der Waals surface area contributed by atoms with Crippen LogP contribution in [0.5, 0.6) is 0 Å². The van der Waals surface area contributed by atoms with Crippen molar-refractivity contribution < 1.29 is 9.53 Å². The highest BCUT2D eigenvalue weighted by atomic mass is 16.5. The van der Waals surface area contributed by atoms with Gasteiger partial charge in [-0.05, 0) is 25.0 Å². The van der Waals surface area contributed by atoms with Crippen LogP contribution < -0.4 is 5.73 Å². The molecule has 1 aliphatic heterocycles. The Hall–Kier alpha value is -1.39. The Balaban J connectivity index is 1.80. The number of hydrogen-bond donors (Lipinski definition) is 1. The van der Waals surface area contributed by atoms with Crippen LogP contribution in [0, 0.1) is 0 Å². The lowest BCUT2D eigenvalue weighted by Gasteiger charge is -2.29. The molecule has 0 saturated carbocycles. The second-order valence-corrected chi connectivity index (χ2v) is 4.41. The largest absolute Gasteiger partial charge is 0.446 e. The fourth-order valence-corrected chi connectivity index (χ4v) is 2.02. The van der Waals surface area contributed by atoms with Crippen LogP contribution in [0.25, 0.3) is 0 Å². The van der Waals surface area contributed by atoms with Crippen LogP contribution in [0.4, 0.5) is 0 Å². The number of nitrogens with zero attached hydrogens (tertiary/aromatic N) is 1. The molecular formula is C13H18N2O2. The number of carbonyl (C=O) groups excluding carboxylic acids is 1. The van der Waals surface area contributed by atoms with Gasteiger partial charge in [0.15, 0.2) is 0 Å². The van der Waals surface area contributed by atoms with Gasteiger partial charge in [-0.3, -0.25) is 4.90 Å². The Morgan fingerprint density at radius 3 is 2.88 bits per heavy atom. The van der Waals surface area contributed by atoms with Gasteiger partial charge >= 0.3 is 5.97 Å². The normalized spacial score (nSPS) is 21.1. The van der Waals surface area contributed by atoms with Crippen LogP contribution >= 0.6 is 0 Å². The zero-order valence-corrected chi connectivity index (χ0v) is 9.84. The van der Waals surface area contributed by atoms with E-state index in [-0.39, 0.29) is 12.0 Å². The van der Waals surface area contributed by atoms with E-state index in [0.29, 0.717) is 12.3 Å². The van der Waals surface area contributed by atoms with Gasteiger partial charge in [-0.2, -0.15) is 0 Å². The summed E-state index contributed by atoms with van der Waals surface area (Å²) in [6, 6.07) is 9.25. The number of ether oxygens (including phenoxy) is 1. The first-order valence-electron chi connectivity index (χ1n) is 5.96. The van der Waals surface area contributed by atoms with E-state index in [2.05, 4.69) is 4.90 Å². The average Bonchev–Trinajstić information content (AvgIpc) is 2.37. The molecule has 0 amide bonds. The zero-order chi connectivity index (χ0) is 12.1. The molecule has 1 atom stereocenters. The summed E-state index contributed by atoms with van der Waals surface area (Å²) in [6.07, 6.45) is 2.13. The number of esters is 1. The van der Waals surface area contributed by atoms with E-state index in [4.69, 9.17) is 10.5 Å². The van der Waals surface area contributed by atoms with Gasteiger partial charge in [0, 0.05) is 19.1 Å². The van der Waals surface area contributed by atoms with Crippen LogP contribution in [0.1, 0.15) is 23.2 Å². The van der Waals surface area contributed by atoms with Crippen LogP contribution in [-0.4, -0.2) is 36.7 Å². The molecule has 1 saturated heterocycles. The van der Waals surface area contributed by atoms with E-state index in [1.807, 2.05) is 18.2 Å². The maximum atomic E-state index is 11.7. The molecule has 0 aromatic heterocycles. The van der Waals surface area contributed by atoms with Crippen molar-refractivity contribution >= 4 is 5.97 Å². The molecule has 2 N–H and O–H groups in total. The Kier molecular flexibility index (Phi) is 4.12. The molecule has 17 heavy (non-hydrogen) atoms. The molecule has 1 aromatic rings. The first-order chi connectivity index (χ1) is 8.25. The Morgan fingerprint density at radius 2 is 2.18 bits per heavy atom. The minimum Gasteiger partial charge on any atom is -0.446 e. The molecule has 1 unspecified atom stereocenters. The van der Waals surface area contributed by atoms with Gasteiger partial charge in [0.1, 0.15) is 6.73 Å². The Labute approximate surface area is 101 Å². The third kappa shape index (κ3) is 3.54. The summed E-state index contributed by atoms with van der Waals surface area (Å²) >= 11 is 0. The summed E-state index contributed by atoms with van der Waals surface area (Å²) in [5.74, 6) is -0.273. The van der Waals surface area contributed by atoms with Crippen molar-refractivity contribution in [3.05, 3.63) is 35.9 Å². The summed E-state index contributed by atoms with van der Waals surface area (Å²) in [7, 11) is 0. The zero-order valence-electron chi connectivity index (χ0n) is 9.84. The summed E-state index contributed by atoms with van der Waals surface area (Å²) in [4.78, 5) is 13.8. The predicted molar refractivity (Wildman–Crippen MR) is 65.5 cm³/mol. The van der Waals surface area contributed by atoms with Crippen LogP contribution in [0.15, 0.2) is 30.3 Å². The second-order valence-electron chi connectivity index (χ2n) is 4.41. The SMILES string of the molecule is NC1CCCN(COC(=O)c2ccccc2)C1. The molecule has 0 radical (unpaired) electrons. The molecule has 0 bridgehead atoms. The smallest absolute Gasteiger partial charge is 0.339 e. The van der Waals surface area contributed by atoms with Gasteiger partial charge in [-0.25, -0.2) is 4.79 Å². The lowest BCUT2D eigenvalue weighted by molar-refractivity contribution is 0.0150. The predicted octanol–water partition coefficient (Wildman–Crippen LogP) is 1.22. The Morgan fingerprint density at radius 1 is 1.41 bits per heavy atom. The van der Waals surface area contributed by atoms with Crippen molar-refractivity contribution in [1.82, 2.24) is 4.90 Å². The molecule has 92 valence electrons. The molecule has 0 aliphatic carbocycles. The van der Waals surface area contributed by atoms with Gasteiger partial charge in [0.05, 0.1) is 5.56 Å². The number of nitrogens with two attached hydrogens (primary N) is 1. The highest BCUT2D eigenvalue weighted by molar-refractivity contribution is 5.89. The van der Waals surface area contributed by atoms with Crippen LogP contribution in [0.3, 0.4) is 0 Å². The van der Waals surface area contributed by atoms with E-state index in [9.17, 15) is 4.79 Å². The number of hydrogen-bond acceptors (Lipinski definition) is 4. The van der Waals surface area contributed by atoms with Crippen LogP contribution in [0.2, 0.25) is 0 Å². The molecule has 4 nitrogen and oxygen atoms in total. The molecule has 1 aliphatic rings. The third-order valence-corrected chi connectivity index (χ3v) is 2.93. The summed E-state index contributed by atoms with van der Waals surface area (Å²) in [5.41, 5.74) is 6.45. The lowest BCUT2D eigenvalue weighted by Crippen LogP contribution is -2.43. The van der Waals surface area contributed by atoms with Crippen molar-refractivity contribution in [2.45, 2.75) is 18.9 Å². The summed E-state index contributed by atoms with van der Waals surface area (Å²) in [6.45, 7) is 2.10. The van der Waals surface area contributed by atoms with E-state index >= 15 is 0 Å². The molecule has 1 heterocycles. The number of likely N-dealkylation sites (tertiary alicyclic amines) is 1. The lowest BCUT2D eigenvalue weighted by atomic mass is 10.1. The first kappa shape index (κ1) is 12.1. The van der Waals surface area contributed by atoms with Gasteiger partial charge in [-0.1, -0.05) is 18.2 Å². The highest BCUT2D eigenvalue weighted by Gasteiger charge is 2.17. The molecule has 0 spiro atoms. The van der Waals surface area contributed by atoms with Gasteiger partial charge < -0.3 is 10.5 Å². The minimum atomic E-state index is -0.273. The highest BCUT2D eigenvalue weighted by Crippen LogP contribution is 2.08. The van der Waals surface area contributed by atoms with Crippen LogP contribution in [-0.2, 0) is 4.74 Å². The Bertz CT molecular complexity index is 367. The van der Waals surface area contributed by atoms with Crippen molar-refractivity contribution in [3.8, 4) is 0 Å². The van der Waals surface area contributed by atoms with Gasteiger partial charge in [0.2, 0.25) is 0 Å². The number of carbonyl (C=O) groups is 1. The molecule has 1 fully saturated rings. The van der Waals surface area contributed by atoms with E-state index < -0.39 is 0 Å². The number of piperidine rings is 1. The maximum absolute atomic E-state index is 11.7. The van der Waals surface area contributed by atoms with Gasteiger partial charge in [0.25, 0.3) is 0 Å². The first-order valence-corrected chi connectivity index (χ1v) is 5.96. The summed E-state index contributed by atoms with van der Waals surface area (Å²) in [5, 5.41) is 0. The molecular weight excluding hydrogens is 216 g/mol. The molecule has 2 rings (SSSR count). The monoisotopic (exact) mass is 234 g/mol. The third-order valence-electron chi connectivity index (χ3n) is 2.93. The van der Waals surface area contributed by atoms with E-state index in [1.54, 1.807) is 12.1 Å². The van der Waals surface area contributed by atoms with E-state index in [0.717, 1.165) is 25.9 Å². The standard InChI is InChI=1S/C13H18N2O2/c14-12-7-4-8-15(9-12)10-17-13(16)11-5-2-1-3-6-11/h1-3,5-6,12H,4,7-10,14H2. The second kappa shape index (κ2) is 5.80. The quantitative estimate of drug-likeness (QED) is 0.799. The molecule has 4 heteroatoms. The average molecular weight is 234 g/mol. The van der Waals surface area contributed by atoms with Crippen molar-refractivity contribution in [3.63, 3.8) is 0 Å². The van der Waals surface area contributed by atoms with Crippen molar-refractivity contribution in [2.24, 2.45) is 5.73 Å².